The molecule has 1 N–H and O–H groups in total. The molecule has 0 aromatic heterocycles. The van der Waals surface area contributed by atoms with Crippen LogP contribution in [0.15, 0.2) is 12.2 Å². The summed E-state index contributed by atoms with van der Waals surface area (Å²) >= 11 is 0. The minimum atomic E-state index is 0.812. The largest absolute Gasteiger partial charge is 0.317 e. The second kappa shape index (κ2) is 7.02. The Morgan fingerprint density at radius 1 is 1.36 bits per heavy atom. The minimum absolute atomic E-state index is 0.812. The van der Waals surface area contributed by atoms with Crippen LogP contribution in [0.2, 0.25) is 0 Å². The van der Waals surface area contributed by atoms with Crippen molar-refractivity contribution >= 4 is 0 Å². The summed E-state index contributed by atoms with van der Waals surface area (Å²) in [5, 5.41) is 3.42. The van der Waals surface area contributed by atoms with E-state index in [2.05, 4.69) is 36.2 Å². The predicted octanol–water partition coefficient (Wildman–Crippen LogP) is 2.03. The Labute approximate surface area is 88.4 Å². The van der Waals surface area contributed by atoms with E-state index < -0.39 is 0 Å². The van der Waals surface area contributed by atoms with Gasteiger partial charge in [-0.25, -0.2) is 0 Å². The Bertz CT molecular complexity index is 160. The first-order chi connectivity index (χ1) is 6.88. The maximum Gasteiger partial charge on any atom is 0.0166 e. The highest BCUT2D eigenvalue weighted by Gasteiger charge is 2.18. The molecular weight excluding hydrogens is 172 g/mol. The van der Waals surface area contributed by atoms with Gasteiger partial charge in [-0.1, -0.05) is 19.1 Å². The van der Waals surface area contributed by atoms with Gasteiger partial charge in [0.15, 0.2) is 0 Å². The van der Waals surface area contributed by atoms with Crippen LogP contribution in [0, 0.1) is 0 Å². The van der Waals surface area contributed by atoms with Gasteiger partial charge < -0.3 is 5.32 Å². The van der Waals surface area contributed by atoms with Crippen molar-refractivity contribution in [2.75, 3.05) is 26.2 Å². The Balaban J connectivity index is 2.38. The summed E-state index contributed by atoms with van der Waals surface area (Å²) in [6.07, 6.45) is 8.33. The smallest absolute Gasteiger partial charge is 0.0166 e. The summed E-state index contributed by atoms with van der Waals surface area (Å²) in [6, 6.07) is 0.812. The van der Waals surface area contributed by atoms with Crippen molar-refractivity contribution in [3.05, 3.63) is 12.2 Å². The van der Waals surface area contributed by atoms with Gasteiger partial charge in [-0.2, -0.15) is 0 Å². The van der Waals surface area contributed by atoms with Crippen LogP contribution in [0.1, 0.15) is 33.1 Å². The first-order valence-electron chi connectivity index (χ1n) is 5.94. The lowest BCUT2D eigenvalue weighted by atomic mass is 10.0. The molecular formula is C12H24N2. The highest BCUT2D eigenvalue weighted by atomic mass is 15.2. The first-order valence-corrected chi connectivity index (χ1v) is 5.94. The first kappa shape index (κ1) is 11.7. The summed E-state index contributed by atoms with van der Waals surface area (Å²) in [6.45, 7) is 9.14. The molecule has 2 heteroatoms. The van der Waals surface area contributed by atoms with Crippen molar-refractivity contribution in [3.8, 4) is 0 Å². The van der Waals surface area contributed by atoms with Crippen molar-refractivity contribution in [3.63, 3.8) is 0 Å². The van der Waals surface area contributed by atoms with Crippen LogP contribution in [0.4, 0.5) is 0 Å². The van der Waals surface area contributed by atoms with Gasteiger partial charge in [0.25, 0.3) is 0 Å². The molecule has 1 saturated heterocycles. The molecule has 0 bridgehead atoms. The molecule has 0 saturated carbocycles. The molecule has 1 fully saturated rings. The van der Waals surface area contributed by atoms with Crippen molar-refractivity contribution in [2.45, 2.75) is 39.2 Å². The third-order valence-corrected chi connectivity index (χ3v) is 2.91. The second-order valence-electron chi connectivity index (χ2n) is 4.05. The summed E-state index contributed by atoms with van der Waals surface area (Å²) in [5.74, 6) is 0. The average molecular weight is 196 g/mol. The van der Waals surface area contributed by atoms with E-state index in [0.29, 0.717) is 0 Å². The summed E-state index contributed by atoms with van der Waals surface area (Å²) in [4.78, 5) is 2.63. The quantitative estimate of drug-likeness (QED) is 0.677. The molecule has 0 aromatic rings. The van der Waals surface area contributed by atoms with Gasteiger partial charge in [-0.3, -0.25) is 4.90 Å². The van der Waals surface area contributed by atoms with E-state index in [1.807, 2.05) is 0 Å². The van der Waals surface area contributed by atoms with Crippen LogP contribution in [-0.4, -0.2) is 37.1 Å². The third-order valence-electron chi connectivity index (χ3n) is 2.91. The zero-order valence-corrected chi connectivity index (χ0v) is 9.63. The minimum Gasteiger partial charge on any atom is -0.317 e. The van der Waals surface area contributed by atoms with Crippen LogP contribution in [-0.2, 0) is 0 Å². The van der Waals surface area contributed by atoms with E-state index in [0.717, 1.165) is 12.6 Å². The molecule has 0 amide bonds. The van der Waals surface area contributed by atoms with Crippen LogP contribution < -0.4 is 5.32 Å². The van der Waals surface area contributed by atoms with Crippen molar-refractivity contribution in [1.29, 1.82) is 0 Å². The Morgan fingerprint density at radius 2 is 2.07 bits per heavy atom. The van der Waals surface area contributed by atoms with Gasteiger partial charge in [0.05, 0.1) is 0 Å². The molecule has 1 rings (SSSR count). The summed E-state index contributed by atoms with van der Waals surface area (Å²) < 4.78 is 0. The van der Waals surface area contributed by atoms with Gasteiger partial charge in [-0.15, -0.1) is 0 Å². The maximum atomic E-state index is 3.42. The number of allylic oxidation sites excluding steroid dienone is 1. The lowest BCUT2D eigenvalue weighted by Crippen LogP contribution is -2.43. The van der Waals surface area contributed by atoms with Crippen LogP contribution >= 0.6 is 0 Å². The van der Waals surface area contributed by atoms with Crippen LogP contribution in [0.5, 0.6) is 0 Å². The molecule has 82 valence electrons. The van der Waals surface area contributed by atoms with Crippen molar-refractivity contribution in [1.82, 2.24) is 10.2 Å². The Morgan fingerprint density at radius 3 is 2.64 bits per heavy atom. The molecule has 2 nitrogen and oxygen atoms in total. The van der Waals surface area contributed by atoms with E-state index in [9.17, 15) is 0 Å². The fourth-order valence-electron chi connectivity index (χ4n) is 2.12. The standard InChI is InChI=1S/C12H24N2/c1-3-5-11-14(10-4-2)12-6-8-13-9-7-12/h3,5,12-13H,4,6-11H2,1-2H3/b5-3+. The fourth-order valence-corrected chi connectivity index (χ4v) is 2.12. The van der Waals surface area contributed by atoms with E-state index >= 15 is 0 Å². The predicted molar refractivity (Wildman–Crippen MR) is 62.6 cm³/mol. The van der Waals surface area contributed by atoms with E-state index in [1.54, 1.807) is 0 Å². The van der Waals surface area contributed by atoms with E-state index in [-0.39, 0.29) is 0 Å². The highest BCUT2D eigenvalue weighted by molar-refractivity contribution is 4.86. The summed E-state index contributed by atoms with van der Waals surface area (Å²) in [7, 11) is 0. The number of nitrogens with zero attached hydrogens (tertiary/aromatic N) is 1. The number of rotatable bonds is 5. The van der Waals surface area contributed by atoms with Crippen molar-refractivity contribution < 1.29 is 0 Å². The fraction of sp³-hybridized carbons (Fsp3) is 0.833. The SMILES string of the molecule is C/C=C/CN(CCC)C1CCNCC1. The average Bonchev–Trinajstić information content (AvgIpc) is 2.25. The topological polar surface area (TPSA) is 15.3 Å². The van der Waals surface area contributed by atoms with E-state index in [4.69, 9.17) is 0 Å². The number of piperidine rings is 1. The molecule has 0 unspecified atom stereocenters. The number of nitrogens with one attached hydrogen (secondary N) is 1. The molecule has 0 radical (unpaired) electrons. The highest BCUT2D eigenvalue weighted by Crippen LogP contribution is 2.12. The second-order valence-corrected chi connectivity index (χ2v) is 4.05. The number of hydrogen-bond donors (Lipinski definition) is 1. The third kappa shape index (κ3) is 3.81. The molecule has 1 aliphatic rings. The van der Waals surface area contributed by atoms with Gasteiger partial charge in [-0.05, 0) is 45.8 Å². The lowest BCUT2D eigenvalue weighted by Gasteiger charge is -2.33. The molecule has 0 atom stereocenters. The molecule has 0 aromatic carbocycles. The van der Waals surface area contributed by atoms with Gasteiger partial charge in [0.2, 0.25) is 0 Å². The normalized spacial score (nSPS) is 19.6. The van der Waals surface area contributed by atoms with Gasteiger partial charge in [0.1, 0.15) is 0 Å². The van der Waals surface area contributed by atoms with Gasteiger partial charge >= 0.3 is 0 Å². The molecule has 0 spiro atoms. The molecule has 0 aliphatic carbocycles. The van der Waals surface area contributed by atoms with Gasteiger partial charge in [0, 0.05) is 12.6 Å². The number of hydrogen-bond acceptors (Lipinski definition) is 2. The van der Waals surface area contributed by atoms with Crippen LogP contribution in [0.3, 0.4) is 0 Å². The molecule has 1 heterocycles. The zero-order valence-electron chi connectivity index (χ0n) is 9.63. The summed E-state index contributed by atoms with van der Waals surface area (Å²) in [5.41, 5.74) is 0. The zero-order chi connectivity index (χ0) is 10.2. The Kier molecular flexibility index (Phi) is 5.88. The van der Waals surface area contributed by atoms with Crippen molar-refractivity contribution in [2.24, 2.45) is 0 Å². The maximum absolute atomic E-state index is 3.42. The Hall–Kier alpha value is -0.340. The lowest BCUT2D eigenvalue weighted by molar-refractivity contribution is 0.179. The molecule has 14 heavy (non-hydrogen) atoms. The molecule has 1 aliphatic heterocycles. The van der Waals surface area contributed by atoms with E-state index in [1.165, 1.54) is 38.9 Å². The van der Waals surface area contributed by atoms with Crippen LogP contribution in [0.25, 0.3) is 0 Å². The monoisotopic (exact) mass is 196 g/mol.